The van der Waals surface area contributed by atoms with Crippen molar-refractivity contribution in [2.45, 2.75) is 33.2 Å². The van der Waals surface area contributed by atoms with Crippen molar-refractivity contribution in [1.82, 2.24) is 9.88 Å². The number of aromatic nitrogens is 1. The van der Waals surface area contributed by atoms with E-state index in [4.69, 9.17) is 0 Å². The third-order valence-electron chi connectivity index (χ3n) is 4.65. The Balaban J connectivity index is 0.00000101. The monoisotopic (exact) mass is 562 g/mol. The molecule has 0 spiro atoms. The maximum atomic E-state index is 4.68. The number of hydrogen-bond donors (Lipinski definition) is 0. The fourth-order valence-corrected chi connectivity index (χ4v) is 3.55. The molecule has 1 heterocycles. The Hall–Kier alpha value is -0.470. The number of nitrogens with zero attached hydrogens (tertiary/aromatic N) is 2. The first-order valence-corrected chi connectivity index (χ1v) is 10.8. The van der Waals surface area contributed by atoms with Crippen LogP contribution in [0.15, 0.2) is 48.7 Å². The van der Waals surface area contributed by atoms with Gasteiger partial charge in [0.05, 0.1) is 5.52 Å². The zero-order chi connectivity index (χ0) is 17.5. The average Bonchev–Trinajstić information content (AvgIpc) is 2.67. The van der Waals surface area contributed by atoms with Gasteiger partial charge in [-0.15, -0.1) is 24.0 Å². The number of pyridine rings is 1. The number of halogens is 2. The van der Waals surface area contributed by atoms with E-state index in [2.05, 4.69) is 95.7 Å². The minimum atomic E-state index is 0. The molecule has 2 aromatic carbocycles. The molecule has 0 saturated heterocycles. The van der Waals surface area contributed by atoms with Crippen LogP contribution in [0.25, 0.3) is 21.7 Å². The van der Waals surface area contributed by atoms with Crippen LogP contribution in [-0.2, 0) is 0 Å². The van der Waals surface area contributed by atoms with Gasteiger partial charge in [0.15, 0.2) is 0 Å². The van der Waals surface area contributed by atoms with E-state index in [9.17, 15) is 0 Å². The maximum absolute atomic E-state index is 4.68. The first kappa shape index (κ1) is 22.6. The van der Waals surface area contributed by atoms with Gasteiger partial charge in [-0.05, 0) is 41.5 Å². The largest absolute Gasteiger partial charge is 0.297 e. The van der Waals surface area contributed by atoms with E-state index in [0.717, 1.165) is 25.0 Å². The van der Waals surface area contributed by atoms with Gasteiger partial charge < -0.3 is 0 Å². The highest BCUT2D eigenvalue weighted by atomic mass is 127. The van der Waals surface area contributed by atoms with E-state index in [-0.39, 0.29) is 24.0 Å². The summed E-state index contributed by atoms with van der Waals surface area (Å²) in [4.78, 5) is 9.19. The van der Waals surface area contributed by atoms with Crippen LogP contribution in [0.5, 0.6) is 0 Å². The lowest BCUT2D eigenvalue weighted by Gasteiger charge is -2.30. The highest BCUT2D eigenvalue weighted by Gasteiger charge is 2.19. The predicted octanol–water partition coefficient (Wildman–Crippen LogP) is 6.85. The van der Waals surface area contributed by atoms with E-state index in [1.54, 1.807) is 0 Å². The quantitative estimate of drug-likeness (QED) is 0.192. The van der Waals surface area contributed by atoms with Gasteiger partial charge in [-0.25, -0.2) is 0 Å². The molecule has 0 radical (unpaired) electrons. The van der Waals surface area contributed by atoms with Crippen molar-refractivity contribution in [3.63, 3.8) is 0 Å². The molecule has 4 heteroatoms. The maximum Gasteiger partial charge on any atom is 0.0711 e. The fourth-order valence-electron chi connectivity index (χ4n) is 3.55. The lowest BCUT2D eigenvalue weighted by Crippen LogP contribution is -2.28. The number of benzene rings is 2. The van der Waals surface area contributed by atoms with Gasteiger partial charge in [-0.2, -0.15) is 0 Å². The molecule has 0 amide bonds. The highest BCUT2D eigenvalue weighted by molar-refractivity contribution is 14.1. The number of rotatable bonds is 5. The van der Waals surface area contributed by atoms with Crippen molar-refractivity contribution in [3.05, 3.63) is 54.2 Å². The van der Waals surface area contributed by atoms with Crippen LogP contribution in [0.3, 0.4) is 0 Å². The average molecular weight is 562 g/mol. The smallest absolute Gasteiger partial charge is 0.0711 e. The topological polar surface area (TPSA) is 16.1 Å². The van der Waals surface area contributed by atoms with E-state index in [0.29, 0.717) is 6.04 Å². The Kier molecular flexibility index (Phi) is 10.2. The van der Waals surface area contributed by atoms with Crippen molar-refractivity contribution in [2.24, 2.45) is 0 Å². The zero-order valence-electron chi connectivity index (χ0n) is 15.5. The van der Waals surface area contributed by atoms with Gasteiger partial charge in [-0.3, -0.25) is 9.88 Å². The zero-order valence-corrected chi connectivity index (χ0v) is 20.0. The van der Waals surface area contributed by atoms with Crippen LogP contribution in [-0.4, -0.2) is 27.9 Å². The van der Waals surface area contributed by atoms with Gasteiger partial charge >= 0.3 is 0 Å². The molecule has 1 atom stereocenters. The summed E-state index contributed by atoms with van der Waals surface area (Å²) in [6, 6.07) is 15.6. The molecule has 0 aliphatic heterocycles. The number of hydrogen-bond acceptors (Lipinski definition) is 2. The summed E-state index contributed by atoms with van der Waals surface area (Å²) in [5.74, 6) is 0. The molecule has 136 valence electrons. The second-order valence-corrected chi connectivity index (χ2v) is 5.73. The molecule has 3 aromatic rings. The van der Waals surface area contributed by atoms with E-state index in [1.165, 1.54) is 21.7 Å². The minimum Gasteiger partial charge on any atom is -0.297 e. The molecule has 0 aliphatic rings. The number of fused-ring (bicyclic) bond motifs is 3. The Labute approximate surface area is 182 Å². The van der Waals surface area contributed by atoms with Crippen LogP contribution in [0.1, 0.15) is 38.8 Å². The van der Waals surface area contributed by atoms with Crippen molar-refractivity contribution < 1.29 is 0 Å². The molecule has 0 fully saturated rings. The second kappa shape index (κ2) is 11.3. The van der Waals surface area contributed by atoms with Crippen LogP contribution < -0.4 is 0 Å². The van der Waals surface area contributed by atoms with Crippen molar-refractivity contribution in [3.8, 4) is 0 Å². The fraction of sp³-hybridized carbons (Fsp3) is 0.381. The highest BCUT2D eigenvalue weighted by Crippen LogP contribution is 2.34. The molecule has 1 aromatic heterocycles. The Morgan fingerprint density at radius 2 is 1.64 bits per heavy atom. The summed E-state index contributed by atoms with van der Waals surface area (Å²) in [5, 5.41) is 3.85. The third kappa shape index (κ3) is 4.83. The van der Waals surface area contributed by atoms with E-state index in [1.807, 2.05) is 11.1 Å². The molecule has 25 heavy (non-hydrogen) atoms. The van der Waals surface area contributed by atoms with Crippen LogP contribution in [0, 0.1) is 0 Å². The second-order valence-electron chi connectivity index (χ2n) is 5.73. The van der Waals surface area contributed by atoms with Gasteiger partial charge in [0.2, 0.25) is 0 Å². The summed E-state index contributed by atoms with van der Waals surface area (Å²) in [6.07, 6.45) is 3.10. The molecule has 0 N–H and O–H groups in total. The molecule has 0 saturated carbocycles. The SMILES string of the molecule is CCC(c1cccc2ncc3ccccc3c12)N(CC)CC.CI.I. The van der Waals surface area contributed by atoms with E-state index >= 15 is 0 Å². The minimum absolute atomic E-state index is 0. The molecule has 0 aliphatic carbocycles. The normalized spacial score (nSPS) is 11.8. The number of alkyl halides is 1. The van der Waals surface area contributed by atoms with Gasteiger partial charge in [0, 0.05) is 23.0 Å². The summed E-state index contributed by atoms with van der Waals surface area (Å²) >= 11 is 2.15. The Bertz CT molecular complexity index is 785. The van der Waals surface area contributed by atoms with Crippen LogP contribution in [0.2, 0.25) is 0 Å². The summed E-state index contributed by atoms with van der Waals surface area (Å²) in [7, 11) is 0. The lowest BCUT2D eigenvalue weighted by atomic mass is 9.94. The summed E-state index contributed by atoms with van der Waals surface area (Å²) < 4.78 is 0. The lowest BCUT2D eigenvalue weighted by molar-refractivity contribution is 0.214. The van der Waals surface area contributed by atoms with Gasteiger partial charge in [0.1, 0.15) is 0 Å². The molecule has 1 unspecified atom stereocenters. The molecule has 2 nitrogen and oxygen atoms in total. The Morgan fingerprint density at radius 3 is 2.28 bits per heavy atom. The molecule has 0 bridgehead atoms. The predicted molar refractivity (Wildman–Crippen MR) is 131 cm³/mol. The first-order valence-electron chi connectivity index (χ1n) is 8.68. The van der Waals surface area contributed by atoms with Crippen molar-refractivity contribution >= 4 is 68.2 Å². The van der Waals surface area contributed by atoms with E-state index < -0.39 is 0 Å². The van der Waals surface area contributed by atoms with Gasteiger partial charge in [0.25, 0.3) is 0 Å². The standard InChI is InChI=1S/C20H24N2.CH3I.HI/c1-4-19(22(5-2)6-3)17-12-9-13-18-20(17)16-11-8-7-10-15(16)14-21-18;1-2;/h7-14,19H,4-6H2,1-3H3;1H3;1H. The van der Waals surface area contributed by atoms with Gasteiger partial charge in [-0.1, -0.05) is 79.8 Å². The molecular weight excluding hydrogens is 534 g/mol. The molecular formula is C21H28I2N2. The van der Waals surface area contributed by atoms with Crippen molar-refractivity contribution in [2.75, 3.05) is 18.0 Å². The first-order chi connectivity index (χ1) is 11.8. The Morgan fingerprint density at radius 1 is 0.960 bits per heavy atom. The third-order valence-corrected chi connectivity index (χ3v) is 4.65. The van der Waals surface area contributed by atoms with Crippen LogP contribution in [0.4, 0.5) is 0 Å². The van der Waals surface area contributed by atoms with Crippen molar-refractivity contribution in [1.29, 1.82) is 0 Å². The molecule has 3 rings (SSSR count). The summed E-state index contributed by atoms with van der Waals surface area (Å²) in [6.45, 7) is 8.91. The van der Waals surface area contributed by atoms with Crippen LogP contribution >= 0.6 is 46.6 Å². The summed E-state index contributed by atoms with van der Waals surface area (Å²) in [5.41, 5.74) is 2.51.